The van der Waals surface area contributed by atoms with Crippen molar-refractivity contribution in [1.82, 2.24) is 0 Å². The number of carbonyl (C=O) groups excluding carboxylic acids is 1. The Hall–Kier alpha value is -0.570. The number of ether oxygens (including phenoxy) is 2. The van der Waals surface area contributed by atoms with Crippen LogP contribution in [0, 0.1) is 5.92 Å². The summed E-state index contributed by atoms with van der Waals surface area (Å²) in [7, 11) is 0. The second-order valence-electron chi connectivity index (χ2n) is 3.60. The lowest BCUT2D eigenvalue weighted by atomic mass is 10.1. The van der Waals surface area contributed by atoms with Crippen molar-refractivity contribution in [3.8, 4) is 0 Å². The van der Waals surface area contributed by atoms with Crippen molar-refractivity contribution in [2.75, 3.05) is 6.61 Å². The van der Waals surface area contributed by atoms with Gasteiger partial charge in [0, 0.05) is 0 Å². The molecule has 0 aromatic heterocycles. The number of carbonyl (C=O) groups is 1. The first-order valence-electron chi connectivity index (χ1n) is 4.81. The quantitative estimate of drug-likeness (QED) is 0.619. The molecule has 0 heterocycles. The summed E-state index contributed by atoms with van der Waals surface area (Å²) < 4.78 is 10.4. The highest BCUT2D eigenvalue weighted by molar-refractivity contribution is 5.74. The lowest BCUT2D eigenvalue weighted by Crippen LogP contribution is -2.33. The van der Waals surface area contributed by atoms with E-state index >= 15 is 0 Å². The highest BCUT2D eigenvalue weighted by atomic mass is 16.6. The Morgan fingerprint density at radius 2 is 1.77 bits per heavy atom. The third-order valence-corrected chi connectivity index (χ3v) is 1.54. The van der Waals surface area contributed by atoms with Crippen LogP contribution in [-0.2, 0) is 14.3 Å². The first-order chi connectivity index (χ1) is 5.99. The minimum absolute atomic E-state index is 0.0526. The van der Waals surface area contributed by atoms with Crippen molar-refractivity contribution in [1.29, 1.82) is 0 Å². The zero-order chi connectivity index (χ0) is 10.4. The Balaban J connectivity index is 4.15. The van der Waals surface area contributed by atoms with E-state index in [1.54, 1.807) is 6.92 Å². The fraction of sp³-hybridized carbons (Fsp3) is 0.900. The van der Waals surface area contributed by atoms with Gasteiger partial charge in [-0.05, 0) is 26.7 Å². The summed E-state index contributed by atoms with van der Waals surface area (Å²) in [6.07, 6.45) is -0.378. The summed E-state index contributed by atoms with van der Waals surface area (Å²) in [6, 6.07) is 0. The van der Waals surface area contributed by atoms with E-state index in [0.29, 0.717) is 6.61 Å². The maximum atomic E-state index is 11.4. The monoisotopic (exact) mass is 188 g/mol. The summed E-state index contributed by atoms with van der Waals surface area (Å²) in [5.74, 6) is -0.104. The molecule has 0 saturated heterocycles. The highest BCUT2D eigenvalue weighted by Crippen LogP contribution is 2.11. The van der Waals surface area contributed by atoms with Crippen LogP contribution in [0.4, 0.5) is 0 Å². The van der Waals surface area contributed by atoms with E-state index in [2.05, 4.69) is 0 Å². The molecule has 0 aromatic rings. The molecule has 0 aliphatic heterocycles. The summed E-state index contributed by atoms with van der Waals surface area (Å²) in [4.78, 5) is 11.4. The Morgan fingerprint density at radius 1 is 1.23 bits per heavy atom. The smallest absolute Gasteiger partial charge is 0.335 e. The van der Waals surface area contributed by atoms with Gasteiger partial charge in [-0.25, -0.2) is 4.79 Å². The molecule has 13 heavy (non-hydrogen) atoms. The standard InChI is InChI=1S/C10H20O3/c1-6-12-10(11)9(7(2)3)13-8(4)5/h7-9H,6H2,1-5H3/t9-/m1/s1. The van der Waals surface area contributed by atoms with Gasteiger partial charge in [-0.3, -0.25) is 0 Å². The molecular weight excluding hydrogens is 168 g/mol. The molecule has 0 N–H and O–H groups in total. The molecule has 0 radical (unpaired) electrons. The second kappa shape index (κ2) is 5.97. The van der Waals surface area contributed by atoms with Gasteiger partial charge in [0.05, 0.1) is 12.7 Å². The van der Waals surface area contributed by atoms with Gasteiger partial charge in [0.15, 0.2) is 6.10 Å². The van der Waals surface area contributed by atoms with Gasteiger partial charge in [0.1, 0.15) is 0 Å². The maximum Gasteiger partial charge on any atom is 0.335 e. The molecule has 3 heteroatoms. The fourth-order valence-corrected chi connectivity index (χ4v) is 1.00. The Morgan fingerprint density at radius 3 is 2.08 bits per heavy atom. The van der Waals surface area contributed by atoms with Crippen LogP contribution in [-0.4, -0.2) is 24.8 Å². The largest absolute Gasteiger partial charge is 0.464 e. The third-order valence-electron chi connectivity index (χ3n) is 1.54. The van der Waals surface area contributed by atoms with Crippen LogP contribution >= 0.6 is 0 Å². The summed E-state index contributed by atoms with van der Waals surface area (Å²) in [6.45, 7) is 9.92. The molecule has 0 rings (SSSR count). The van der Waals surface area contributed by atoms with E-state index in [1.165, 1.54) is 0 Å². The van der Waals surface area contributed by atoms with Gasteiger partial charge in [-0.1, -0.05) is 13.8 Å². The maximum absolute atomic E-state index is 11.4. The van der Waals surface area contributed by atoms with Crippen molar-refractivity contribution in [2.24, 2.45) is 5.92 Å². The van der Waals surface area contributed by atoms with Crippen molar-refractivity contribution in [2.45, 2.75) is 46.8 Å². The van der Waals surface area contributed by atoms with Crippen molar-refractivity contribution < 1.29 is 14.3 Å². The summed E-state index contributed by atoms with van der Waals surface area (Å²) >= 11 is 0. The molecule has 0 aliphatic rings. The van der Waals surface area contributed by atoms with Crippen LogP contribution in [0.15, 0.2) is 0 Å². The molecule has 78 valence electrons. The molecule has 0 amide bonds. The number of rotatable bonds is 5. The van der Waals surface area contributed by atoms with Gasteiger partial charge in [0.2, 0.25) is 0 Å². The molecule has 0 fully saturated rings. The number of esters is 1. The van der Waals surface area contributed by atoms with Crippen LogP contribution in [0.25, 0.3) is 0 Å². The van der Waals surface area contributed by atoms with Crippen LogP contribution in [0.2, 0.25) is 0 Å². The van der Waals surface area contributed by atoms with Crippen molar-refractivity contribution in [3.63, 3.8) is 0 Å². The topological polar surface area (TPSA) is 35.5 Å². The average Bonchev–Trinajstić information content (AvgIpc) is 1.99. The third kappa shape index (κ3) is 4.88. The molecule has 0 aliphatic carbocycles. The summed E-state index contributed by atoms with van der Waals surface area (Å²) in [5, 5.41) is 0. The lowest BCUT2D eigenvalue weighted by Gasteiger charge is -2.21. The molecule has 1 atom stereocenters. The second-order valence-corrected chi connectivity index (χ2v) is 3.60. The molecule has 3 nitrogen and oxygen atoms in total. The summed E-state index contributed by atoms with van der Waals surface area (Å²) in [5.41, 5.74) is 0. The van der Waals surface area contributed by atoms with Gasteiger partial charge < -0.3 is 9.47 Å². The highest BCUT2D eigenvalue weighted by Gasteiger charge is 2.25. The Kier molecular flexibility index (Phi) is 5.71. The SMILES string of the molecule is CCOC(=O)[C@H](OC(C)C)C(C)C. The van der Waals surface area contributed by atoms with E-state index in [-0.39, 0.29) is 18.0 Å². The zero-order valence-corrected chi connectivity index (χ0v) is 9.16. The van der Waals surface area contributed by atoms with Crippen LogP contribution in [0.1, 0.15) is 34.6 Å². The van der Waals surface area contributed by atoms with E-state index in [1.807, 2.05) is 27.7 Å². The zero-order valence-electron chi connectivity index (χ0n) is 9.16. The predicted molar refractivity (Wildman–Crippen MR) is 51.5 cm³/mol. The Labute approximate surface area is 80.4 Å². The van der Waals surface area contributed by atoms with E-state index in [4.69, 9.17) is 9.47 Å². The van der Waals surface area contributed by atoms with Crippen LogP contribution in [0.5, 0.6) is 0 Å². The normalized spacial score (nSPS) is 13.5. The van der Waals surface area contributed by atoms with Gasteiger partial charge in [0.25, 0.3) is 0 Å². The average molecular weight is 188 g/mol. The van der Waals surface area contributed by atoms with E-state index < -0.39 is 6.10 Å². The van der Waals surface area contributed by atoms with Crippen molar-refractivity contribution in [3.05, 3.63) is 0 Å². The molecular formula is C10H20O3. The van der Waals surface area contributed by atoms with E-state index in [9.17, 15) is 4.79 Å². The molecule has 0 unspecified atom stereocenters. The van der Waals surface area contributed by atoms with Gasteiger partial charge in [-0.2, -0.15) is 0 Å². The number of hydrogen-bond donors (Lipinski definition) is 0. The Bertz CT molecular complexity index is 152. The lowest BCUT2D eigenvalue weighted by molar-refractivity contribution is -0.163. The number of hydrogen-bond acceptors (Lipinski definition) is 3. The van der Waals surface area contributed by atoms with E-state index in [0.717, 1.165) is 0 Å². The van der Waals surface area contributed by atoms with Gasteiger partial charge >= 0.3 is 5.97 Å². The molecule has 0 saturated carbocycles. The van der Waals surface area contributed by atoms with Crippen molar-refractivity contribution >= 4 is 5.97 Å². The molecule has 0 spiro atoms. The van der Waals surface area contributed by atoms with Gasteiger partial charge in [-0.15, -0.1) is 0 Å². The fourth-order valence-electron chi connectivity index (χ4n) is 1.00. The first kappa shape index (κ1) is 12.4. The van der Waals surface area contributed by atoms with Crippen LogP contribution < -0.4 is 0 Å². The molecule has 0 bridgehead atoms. The predicted octanol–water partition coefficient (Wildman–Crippen LogP) is 2.00. The minimum Gasteiger partial charge on any atom is -0.464 e. The van der Waals surface area contributed by atoms with Crippen LogP contribution in [0.3, 0.4) is 0 Å². The first-order valence-corrected chi connectivity index (χ1v) is 4.81. The molecule has 0 aromatic carbocycles. The minimum atomic E-state index is -0.431.